The first-order chi connectivity index (χ1) is 5.04. The molecule has 2 heteroatoms. The van der Waals surface area contributed by atoms with Gasteiger partial charge in [0.2, 0.25) is 0 Å². The first kappa shape index (κ1) is 8.57. The average molecular weight is 156 g/mol. The minimum atomic E-state index is -0.621. The van der Waals surface area contributed by atoms with Gasteiger partial charge in [-0.25, -0.2) is 0 Å². The van der Waals surface area contributed by atoms with E-state index in [1.807, 2.05) is 6.92 Å². The van der Waals surface area contributed by atoms with Crippen molar-refractivity contribution in [2.75, 3.05) is 0 Å². The van der Waals surface area contributed by atoms with E-state index in [4.69, 9.17) is 5.11 Å². The lowest BCUT2D eigenvalue weighted by molar-refractivity contribution is -0.150. The van der Waals surface area contributed by atoms with Crippen LogP contribution < -0.4 is 0 Å². The maximum absolute atomic E-state index is 10.8. The molecule has 2 nitrogen and oxygen atoms in total. The van der Waals surface area contributed by atoms with Crippen LogP contribution in [0.1, 0.15) is 39.5 Å². The molecule has 64 valence electrons. The van der Waals surface area contributed by atoms with Crippen molar-refractivity contribution in [3.63, 3.8) is 0 Å². The number of carboxylic acid groups (broad SMARTS) is 1. The van der Waals surface area contributed by atoms with E-state index in [1.54, 1.807) is 0 Å². The monoisotopic (exact) mass is 156 g/mol. The molecule has 0 unspecified atom stereocenters. The van der Waals surface area contributed by atoms with Crippen LogP contribution in [0.5, 0.6) is 0 Å². The Kier molecular flexibility index (Phi) is 2.21. The molecule has 1 aliphatic rings. The molecule has 0 aliphatic heterocycles. The molecule has 0 bridgehead atoms. The fraction of sp³-hybridized carbons (Fsp3) is 0.889. The van der Waals surface area contributed by atoms with E-state index < -0.39 is 11.4 Å². The Labute approximate surface area is 67.6 Å². The highest BCUT2D eigenvalue weighted by molar-refractivity contribution is 5.74. The summed E-state index contributed by atoms with van der Waals surface area (Å²) in [6.45, 7) is 4.01. The van der Waals surface area contributed by atoms with Crippen LogP contribution in [0.4, 0.5) is 0 Å². The van der Waals surface area contributed by atoms with Crippen molar-refractivity contribution in [2.24, 2.45) is 11.3 Å². The van der Waals surface area contributed by atoms with Gasteiger partial charge in [-0.05, 0) is 25.7 Å². The molecule has 0 aromatic rings. The van der Waals surface area contributed by atoms with E-state index in [0.717, 1.165) is 19.3 Å². The van der Waals surface area contributed by atoms with Gasteiger partial charge in [0.25, 0.3) is 0 Å². The van der Waals surface area contributed by atoms with Gasteiger partial charge in [0.05, 0.1) is 5.41 Å². The summed E-state index contributed by atoms with van der Waals surface area (Å²) in [4.78, 5) is 10.8. The van der Waals surface area contributed by atoms with Crippen molar-refractivity contribution < 1.29 is 9.90 Å². The van der Waals surface area contributed by atoms with Gasteiger partial charge in [-0.15, -0.1) is 0 Å². The van der Waals surface area contributed by atoms with Gasteiger partial charge in [-0.3, -0.25) is 4.79 Å². The zero-order valence-corrected chi connectivity index (χ0v) is 7.26. The lowest BCUT2D eigenvalue weighted by Crippen LogP contribution is -2.32. The second kappa shape index (κ2) is 2.84. The Morgan fingerprint density at radius 1 is 1.64 bits per heavy atom. The fourth-order valence-electron chi connectivity index (χ4n) is 2.01. The van der Waals surface area contributed by atoms with Crippen molar-refractivity contribution in [3.8, 4) is 0 Å². The van der Waals surface area contributed by atoms with Gasteiger partial charge in [-0.1, -0.05) is 19.8 Å². The van der Waals surface area contributed by atoms with E-state index >= 15 is 0 Å². The van der Waals surface area contributed by atoms with Gasteiger partial charge < -0.3 is 5.11 Å². The van der Waals surface area contributed by atoms with Crippen LogP contribution in [0, 0.1) is 11.3 Å². The van der Waals surface area contributed by atoms with E-state index in [-0.39, 0.29) is 0 Å². The number of hydrogen-bond donors (Lipinski definition) is 1. The summed E-state index contributed by atoms with van der Waals surface area (Å²) in [5.41, 5.74) is -0.433. The van der Waals surface area contributed by atoms with Crippen LogP contribution in [0.25, 0.3) is 0 Å². The smallest absolute Gasteiger partial charge is 0.309 e. The average Bonchev–Trinajstić information content (AvgIpc) is 1.86. The minimum Gasteiger partial charge on any atom is -0.481 e. The minimum absolute atomic E-state index is 0.433. The zero-order chi connectivity index (χ0) is 8.48. The second-order valence-corrected chi connectivity index (χ2v) is 4.07. The standard InChI is InChI=1S/C9H16O2/c1-7-4-3-5-9(2,6-7)8(10)11/h7H,3-6H2,1-2H3,(H,10,11)/t7-,9-/m0/s1. The largest absolute Gasteiger partial charge is 0.481 e. The lowest BCUT2D eigenvalue weighted by atomic mass is 9.71. The Hall–Kier alpha value is -0.530. The summed E-state index contributed by atoms with van der Waals surface area (Å²) in [5, 5.41) is 8.92. The van der Waals surface area contributed by atoms with Crippen LogP contribution >= 0.6 is 0 Å². The van der Waals surface area contributed by atoms with Crippen molar-refractivity contribution in [3.05, 3.63) is 0 Å². The summed E-state index contributed by atoms with van der Waals surface area (Å²) >= 11 is 0. The Morgan fingerprint density at radius 3 is 2.64 bits per heavy atom. The number of carbonyl (C=O) groups is 1. The van der Waals surface area contributed by atoms with E-state index in [2.05, 4.69) is 6.92 Å². The molecule has 0 radical (unpaired) electrons. The molecule has 11 heavy (non-hydrogen) atoms. The van der Waals surface area contributed by atoms with Crippen LogP contribution in [0.3, 0.4) is 0 Å². The summed E-state index contributed by atoms with van der Waals surface area (Å²) in [6, 6.07) is 0. The normalized spacial score (nSPS) is 38.5. The molecule has 0 spiro atoms. The highest BCUT2D eigenvalue weighted by Gasteiger charge is 2.36. The van der Waals surface area contributed by atoms with Crippen LogP contribution in [0.15, 0.2) is 0 Å². The molecule has 0 saturated heterocycles. The highest BCUT2D eigenvalue weighted by atomic mass is 16.4. The number of aliphatic carboxylic acids is 1. The Morgan fingerprint density at radius 2 is 2.27 bits per heavy atom. The summed E-state index contributed by atoms with van der Waals surface area (Å²) < 4.78 is 0. The SMILES string of the molecule is C[C@H]1CCC[C@](C)(C(=O)O)C1. The molecule has 0 aromatic heterocycles. The lowest BCUT2D eigenvalue weighted by Gasteiger charge is -2.32. The summed E-state index contributed by atoms with van der Waals surface area (Å²) in [6.07, 6.45) is 3.97. The second-order valence-electron chi connectivity index (χ2n) is 4.07. The van der Waals surface area contributed by atoms with Crippen molar-refractivity contribution in [1.82, 2.24) is 0 Å². The number of hydrogen-bond acceptors (Lipinski definition) is 1. The molecule has 0 aromatic carbocycles. The molecule has 2 atom stereocenters. The molecule has 1 fully saturated rings. The first-order valence-corrected chi connectivity index (χ1v) is 4.28. The van der Waals surface area contributed by atoms with Gasteiger partial charge in [0.1, 0.15) is 0 Å². The maximum Gasteiger partial charge on any atom is 0.309 e. The van der Waals surface area contributed by atoms with E-state index in [1.165, 1.54) is 6.42 Å². The molecule has 0 amide bonds. The maximum atomic E-state index is 10.8. The topological polar surface area (TPSA) is 37.3 Å². The van der Waals surface area contributed by atoms with Crippen LogP contribution in [0.2, 0.25) is 0 Å². The van der Waals surface area contributed by atoms with Gasteiger partial charge in [0.15, 0.2) is 0 Å². The van der Waals surface area contributed by atoms with Gasteiger partial charge >= 0.3 is 5.97 Å². The van der Waals surface area contributed by atoms with E-state index in [9.17, 15) is 4.79 Å². The molecule has 1 N–H and O–H groups in total. The number of rotatable bonds is 1. The molecular weight excluding hydrogens is 140 g/mol. The Bertz CT molecular complexity index is 165. The predicted molar refractivity (Wildman–Crippen MR) is 43.4 cm³/mol. The highest BCUT2D eigenvalue weighted by Crippen LogP contribution is 2.38. The third kappa shape index (κ3) is 1.73. The van der Waals surface area contributed by atoms with E-state index in [0.29, 0.717) is 5.92 Å². The molecular formula is C9H16O2. The third-order valence-corrected chi connectivity index (χ3v) is 2.74. The fourth-order valence-corrected chi connectivity index (χ4v) is 2.01. The van der Waals surface area contributed by atoms with Crippen molar-refractivity contribution >= 4 is 5.97 Å². The molecule has 1 saturated carbocycles. The molecule has 1 rings (SSSR count). The molecule has 0 heterocycles. The third-order valence-electron chi connectivity index (χ3n) is 2.74. The quantitative estimate of drug-likeness (QED) is 0.632. The summed E-state index contributed by atoms with van der Waals surface area (Å²) in [7, 11) is 0. The Balaban J connectivity index is 2.63. The van der Waals surface area contributed by atoms with Crippen molar-refractivity contribution in [2.45, 2.75) is 39.5 Å². The van der Waals surface area contributed by atoms with Crippen molar-refractivity contribution in [1.29, 1.82) is 0 Å². The first-order valence-electron chi connectivity index (χ1n) is 4.28. The van der Waals surface area contributed by atoms with Gasteiger partial charge in [-0.2, -0.15) is 0 Å². The summed E-state index contributed by atoms with van der Waals surface area (Å²) in [5.74, 6) is -0.0334. The number of carboxylic acids is 1. The predicted octanol–water partition coefficient (Wildman–Crippen LogP) is 2.29. The molecule has 1 aliphatic carbocycles. The zero-order valence-electron chi connectivity index (χ0n) is 7.26. The van der Waals surface area contributed by atoms with Crippen LogP contribution in [-0.2, 0) is 4.79 Å². The van der Waals surface area contributed by atoms with Crippen LogP contribution in [-0.4, -0.2) is 11.1 Å². The van der Waals surface area contributed by atoms with Gasteiger partial charge in [0, 0.05) is 0 Å².